The van der Waals surface area contributed by atoms with Gasteiger partial charge in [0, 0.05) is 30.4 Å². The first-order valence-corrected chi connectivity index (χ1v) is 11.0. The number of rotatable bonds is 6. The Hall–Kier alpha value is -2.80. The molecule has 1 saturated heterocycles. The number of carbonyl (C=O) groups is 1. The Morgan fingerprint density at radius 2 is 1.97 bits per heavy atom. The molecule has 1 N–H and O–H groups in total. The van der Waals surface area contributed by atoms with E-state index in [0.29, 0.717) is 13.1 Å². The summed E-state index contributed by atoms with van der Waals surface area (Å²) < 4.78 is 5.55. The van der Waals surface area contributed by atoms with Crippen LogP contribution in [0, 0.1) is 19.8 Å². The van der Waals surface area contributed by atoms with Crippen LogP contribution in [0.1, 0.15) is 29.9 Å². The molecule has 6 nitrogen and oxygen atoms in total. The Morgan fingerprint density at radius 3 is 2.73 bits per heavy atom. The van der Waals surface area contributed by atoms with Gasteiger partial charge in [0.1, 0.15) is 16.5 Å². The average Bonchev–Trinajstić information content (AvgIpc) is 3.19. The first-order valence-electron chi connectivity index (χ1n) is 10.2. The molecule has 0 aliphatic carbocycles. The minimum atomic E-state index is -0.0750. The van der Waals surface area contributed by atoms with Crippen LogP contribution in [0.25, 0.3) is 0 Å². The molecule has 1 atom stereocenters. The van der Waals surface area contributed by atoms with Gasteiger partial charge in [-0.3, -0.25) is 4.79 Å². The summed E-state index contributed by atoms with van der Waals surface area (Å²) in [5.74, 6) is 2.46. The number of hydrogen-bond acceptors (Lipinski definition) is 6. The smallest absolute Gasteiger partial charge is 0.225 e. The van der Waals surface area contributed by atoms with E-state index in [1.807, 2.05) is 19.1 Å². The van der Waals surface area contributed by atoms with Gasteiger partial charge in [-0.25, -0.2) is 9.97 Å². The van der Waals surface area contributed by atoms with Crippen LogP contribution in [0.15, 0.2) is 63.1 Å². The number of anilines is 1. The largest absolute Gasteiger partial charge is 0.465 e. The molecule has 3 aromatic rings. The summed E-state index contributed by atoms with van der Waals surface area (Å²) in [7, 11) is 0. The number of amides is 1. The van der Waals surface area contributed by atoms with Crippen molar-refractivity contribution in [3.8, 4) is 0 Å². The fourth-order valence-corrected chi connectivity index (χ4v) is 4.49. The van der Waals surface area contributed by atoms with Crippen LogP contribution in [-0.4, -0.2) is 29.0 Å². The van der Waals surface area contributed by atoms with Gasteiger partial charge in [-0.15, -0.1) is 0 Å². The number of carbonyl (C=O) groups excluding carboxylic acids is 1. The van der Waals surface area contributed by atoms with Crippen molar-refractivity contribution in [1.29, 1.82) is 0 Å². The Labute approximate surface area is 181 Å². The van der Waals surface area contributed by atoms with Crippen LogP contribution in [-0.2, 0) is 11.3 Å². The van der Waals surface area contributed by atoms with Gasteiger partial charge in [-0.05, 0) is 51.0 Å². The van der Waals surface area contributed by atoms with Crippen LogP contribution in [0.4, 0.5) is 5.82 Å². The van der Waals surface area contributed by atoms with Crippen LogP contribution in [0.5, 0.6) is 0 Å². The molecule has 2 aromatic heterocycles. The maximum Gasteiger partial charge on any atom is 0.225 e. The first kappa shape index (κ1) is 20.5. The number of aryl methyl sites for hydroxylation is 2. The van der Waals surface area contributed by atoms with E-state index in [1.54, 1.807) is 24.2 Å². The van der Waals surface area contributed by atoms with E-state index in [9.17, 15) is 4.79 Å². The van der Waals surface area contributed by atoms with Gasteiger partial charge in [0.2, 0.25) is 5.91 Å². The summed E-state index contributed by atoms with van der Waals surface area (Å²) in [4.78, 5) is 25.2. The fraction of sp³-hybridized carbons (Fsp3) is 0.348. The Balaban J connectivity index is 1.42. The monoisotopic (exact) mass is 422 g/mol. The number of benzene rings is 1. The number of nitrogens with zero attached hydrogens (tertiary/aromatic N) is 3. The summed E-state index contributed by atoms with van der Waals surface area (Å²) in [5, 5.41) is 3.88. The second-order valence-corrected chi connectivity index (χ2v) is 8.68. The SMILES string of the molecule is Cc1ccc(Sc2nccnc2N2CCCC(C(=O)NCc3ccc(C)o3)C2)cc1. The molecule has 1 amide bonds. The second-order valence-electron chi connectivity index (χ2n) is 7.62. The lowest BCUT2D eigenvalue weighted by atomic mass is 9.97. The molecule has 1 aliphatic heterocycles. The molecule has 1 aliphatic rings. The van der Waals surface area contributed by atoms with E-state index >= 15 is 0 Å². The van der Waals surface area contributed by atoms with E-state index < -0.39 is 0 Å². The molecule has 0 spiro atoms. The lowest BCUT2D eigenvalue weighted by Gasteiger charge is -2.33. The number of nitrogens with one attached hydrogen (secondary N) is 1. The van der Waals surface area contributed by atoms with Crippen LogP contribution in [0.3, 0.4) is 0 Å². The van der Waals surface area contributed by atoms with E-state index in [2.05, 4.69) is 51.4 Å². The van der Waals surface area contributed by atoms with E-state index in [1.165, 1.54) is 5.56 Å². The molecule has 1 fully saturated rings. The summed E-state index contributed by atoms with van der Waals surface area (Å²) in [6.07, 6.45) is 5.26. The minimum absolute atomic E-state index is 0.0605. The molecular weight excluding hydrogens is 396 g/mol. The van der Waals surface area contributed by atoms with Crippen molar-refractivity contribution >= 4 is 23.5 Å². The molecule has 0 radical (unpaired) electrons. The molecule has 30 heavy (non-hydrogen) atoms. The third kappa shape index (κ3) is 5.02. The quantitative estimate of drug-likeness (QED) is 0.636. The lowest BCUT2D eigenvalue weighted by molar-refractivity contribution is -0.125. The molecule has 156 valence electrons. The molecule has 0 bridgehead atoms. The van der Waals surface area contributed by atoms with Gasteiger partial charge < -0.3 is 14.6 Å². The highest BCUT2D eigenvalue weighted by Crippen LogP contribution is 2.34. The zero-order valence-corrected chi connectivity index (χ0v) is 18.1. The van der Waals surface area contributed by atoms with Gasteiger partial charge >= 0.3 is 0 Å². The van der Waals surface area contributed by atoms with Crippen molar-refractivity contribution in [3.05, 3.63) is 65.9 Å². The molecule has 3 heterocycles. The fourth-order valence-electron chi connectivity index (χ4n) is 3.61. The normalized spacial score (nSPS) is 16.5. The Morgan fingerprint density at radius 1 is 1.17 bits per heavy atom. The zero-order valence-electron chi connectivity index (χ0n) is 17.3. The standard InChI is InChI=1S/C23H26N4O2S/c1-16-5-9-20(10-6-16)30-23-21(24-11-12-25-23)27-13-3-4-18(15-27)22(28)26-14-19-8-7-17(2)29-19/h5-12,18H,3-4,13-15H2,1-2H3,(H,26,28). The molecule has 1 unspecified atom stereocenters. The molecule has 4 rings (SSSR count). The first-order chi connectivity index (χ1) is 14.6. The number of hydrogen-bond donors (Lipinski definition) is 1. The third-order valence-corrected chi connectivity index (χ3v) is 6.20. The number of furan rings is 1. The van der Waals surface area contributed by atoms with Crippen molar-refractivity contribution in [1.82, 2.24) is 15.3 Å². The highest BCUT2D eigenvalue weighted by Gasteiger charge is 2.28. The van der Waals surface area contributed by atoms with Gasteiger partial charge in [-0.1, -0.05) is 29.5 Å². The van der Waals surface area contributed by atoms with Crippen molar-refractivity contribution in [2.75, 3.05) is 18.0 Å². The highest BCUT2D eigenvalue weighted by atomic mass is 32.2. The van der Waals surface area contributed by atoms with Crippen LogP contribution in [0.2, 0.25) is 0 Å². The number of piperidine rings is 1. The predicted octanol–water partition coefficient (Wildman–Crippen LogP) is 4.37. The van der Waals surface area contributed by atoms with Gasteiger partial charge in [0.05, 0.1) is 12.5 Å². The minimum Gasteiger partial charge on any atom is -0.465 e. The molecule has 7 heteroatoms. The van der Waals surface area contributed by atoms with Gasteiger partial charge in [-0.2, -0.15) is 0 Å². The molecule has 1 aromatic carbocycles. The van der Waals surface area contributed by atoms with Crippen molar-refractivity contribution < 1.29 is 9.21 Å². The van der Waals surface area contributed by atoms with E-state index in [0.717, 1.165) is 46.6 Å². The van der Waals surface area contributed by atoms with Crippen LogP contribution >= 0.6 is 11.8 Å². The molecule has 0 saturated carbocycles. The van der Waals surface area contributed by atoms with Gasteiger partial charge in [0.15, 0.2) is 5.82 Å². The second kappa shape index (κ2) is 9.34. The highest BCUT2D eigenvalue weighted by molar-refractivity contribution is 7.99. The Bertz CT molecular complexity index is 1000. The maximum atomic E-state index is 12.7. The lowest BCUT2D eigenvalue weighted by Crippen LogP contribution is -2.43. The Kier molecular flexibility index (Phi) is 6.38. The van der Waals surface area contributed by atoms with Crippen molar-refractivity contribution in [3.63, 3.8) is 0 Å². The third-order valence-electron chi connectivity index (χ3n) is 5.21. The van der Waals surface area contributed by atoms with Gasteiger partial charge in [0.25, 0.3) is 0 Å². The predicted molar refractivity (Wildman–Crippen MR) is 118 cm³/mol. The summed E-state index contributed by atoms with van der Waals surface area (Å²) >= 11 is 1.61. The molecular formula is C23H26N4O2S. The number of aromatic nitrogens is 2. The summed E-state index contributed by atoms with van der Waals surface area (Å²) in [5.41, 5.74) is 1.23. The average molecular weight is 423 g/mol. The van der Waals surface area contributed by atoms with Crippen LogP contribution < -0.4 is 10.2 Å². The maximum absolute atomic E-state index is 12.7. The summed E-state index contributed by atoms with van der Waals surface area (Å²) in [6, 6.07) is 12.2. The zero-order chi connectivity index (χ0) is 20.9. The van der Waals surface area contributed by atoms with E-state index in [-0.39, 0.29) is 11.8 Å². The van der Waals surface area contributed by atoms with E-state index in [4.69, 9.17) is 4.42 Å². The van der Waals surface area contributed by atoms with Crippen molar-refractivity contribution in [2.45, 2.75) is 43.2 Å². The topological polar surface area (TPSA) is 71.3 Å². The summed E-state index contributed by atoms with van der Waals surface area (Å²) in [6.45, 7) is 5.92. The van der Waals surface area contributed by atoms with Crippen molar-refractivity contribution in [2.24, 2.45) is 5.92 Å².